The van der Waals surface area contributed by atoms with Crippen LogP contribution in [-0.2, 0) is 0 Å². The molecule has 0 aliphatic heterocycles. The van der Waals surface area contributed by atoms with Crippen LogP contribution >= 0.6 is 34.8 Å². The number of hydrogen-bond acceptors (Lipinski definition) is 3. The second-order valence-corrected chi connectivity index (χ2v) is 4.89. The van der Waals surface area contributed by atoms with Gasteiger partial charge in [0.25, 0.3) is 0 Å². The van der Waals surface area contributed by atoms with E-state index in [2.05, 4.69) is 10.4 Å². The number of halogens is 3. The average molecular weight is 303 g/mol. The fourth-order valence-electron chi connectivity index (χ4n) is 1.67. The van der Waals surface area contributed by atoms with E-state index in [4.69, 9.17) is 40.6 Å². The van der Waals surface area contributed by atoms with Crippen molar-refractivity contribution < 1.29 is 0 Å². The van der Waals surface area contributed by atoms with Crippen LogP contribution in [0.2, 0.25) is 15.2 Å². The minimum absolute atomic E-state index is 0.222. The lowest BCUT2D eigenvalue weighted by atomic mass is 10.0. The van der Waals surface area contributed by atoms with E-state index in [1.165, 1.54) is 0 Å². The van der Waals surface area contributed by atoms with Crippen LogP contribution in [0.5, 0.6) is 0 Å². The first-order chi connectivity index (χ1) is 8.61. The molecule has 0 spiro atoms. The normalized spacial score (nSPS) is 12.4. The monoisotopic (exact) mass is 301 g/mol. The van der Waals surface area contributed by atoms with E-state index >= 15 is 0 Å². The fraction of sp³-hybridized carbons (Fsp3) is 0.0833. The third-order valence-electron chi connectivity index (χ3n) is 2.53. The number of nitrogens with one attached hydrogen (secondary N) is 1. The summed E-state index contributed by atoms with van der Waals surface area (Å²) in [7, 11) is 0. The molecule has 2 rings (SSSR count). The minimum Gasteiger partial charge on any atom is -0.271 e. The highest BCUT2D eigenvalue weighted by molar-refractivity contribution is 6.42. The van der Waals surface area contributed by atoms with Gasteiger partial charge in [-0.2, -0.15) is 0 Å². The SMILES string of the molecule is NNC(c1ccnc(Cl)c1)c1ccc(Cl)c(Cl)c1. The van der Waals surface area contributed by atoms with Crippen molar-refractivity contribution >= 4 is 34.8 Å². The first kappa shape index (κ1) is 13.6. The number of rotatable bonds is 3. The maximum Gasteiger partial charge on any atom is 0.129 e. The van der Waals surface area contributed by atoms with Gasteiger partial charge < -0.3 is 0 Å². The Bertz CT molecular complexity index is 560. The maximum absolute atomic E-state index is 5.99. The van der Waals surface area contributed by atoms with Gasteiger partial charge in [0.2, 0.25) is 0 Å². The van der Waals surface area contributed by atoms with Crippen LogP contribution in [0.25, 0.3) is 0 Å². The number of nitrogens with two attached hydrogens (primary N) is 1. The molecule has 0 aliphatic rings. The van der Waals surface area contributed by atoms with Gasteiger partial charge in [-0.05, 0) is 35.4 Å². The second-order valence-electron chi connectivity index (χ2n) is 3.69. The molecular formula is C12H10Cl3N3. The molecule has 0 radical (unpaired) electrons. The zero-order valence-electron chi connectivity index (χ0n) is 9.20. The Hall–Kier alpha value is -0.840. The average Bonchev–Trinajstić information content (AvgIpc) is 2.35. The standard InChI is InChI=1S/C12H10Cl3N3/c13-9-2-1-7(5-10(9)14)12(18-16)8-3-4-17-11(15)6-8/h1-6,12,18H,16H2. The highest BCUT2D eigenvalue weighted by Gasteiger charge is 2.14. The first-order valence-corrected chi connectivity index (χ1v) is 6.27. The zero-order valence-corrected chi connectivity index (χ0v) is 11.5. The zero-order chi connectivity index (χ0) is 13.1. The summed E-state index contributed by atoms with van der Waals surface area (Å²) in [5.41, 5.74) is 4.52. The van der Waals surface area contributed by atoms with Gasteiger partial charge in [-0.15, -0.1) is 0 Å². The molecule has 3 nitrogen and oxygen atoms in total. The molecule has 1 unspecified atom stereocenters. The Morgan fingerprint density at radius 2 is 1.72 bits per heavy atom. The number of benzene rings is 1. The summed E-state index contributed by atoms with van der Waals surface area (Å²) in [6.45, 7) is 0. The molecule has 1 heterocycles. The van der Waals surface area contributed by atoms with Gasteiger partial charge >= 0.3 is 0 Å². The highest BCUT2D eigenvalue weighted by Crippen LogP contribution is 2.28. The largest absolute Gasteiger partial charge is 0.271 e. The van der Waals surface area contributed by atoms with Gasteiger partial charge in [0.1, 0.15) is 5.15 Å². The van der Waals surface area contributed by atoms with Crippen molar-refractivity contribution in [1.82, 2.24) is 10.4 Å². The lowest BCUT2D eigenvalue weighted by Gasteiger charge is -2.17. The predicted octanol–water partition coefficient (Wildman–Crippen LogP) is 3.59. The molecule has 2 aromatic rings. The van der Waals surface area contributed by atoms with E-state index in [1.54, 1.807) is 24.4 Å². The lowest BCUT2D eigenvalue weighted by Crippen LogP contribution is -2.28. The van der Waals surface area contributed by atoms with Crippen molar-refractivity contribution in [3.05, 3.63) is 62.9 Å². The molecular weight excluding hydrogens is 293 g/mol. The molecule has 0 aliphatic carbocycles. The minimum atomic E-state index is -0.222. The van der Waals surface area contributed by atoms with Crippen molar-refractivity contribution in [2.75, 3.05) is 0 Å². The second kappa shape index (κ2) is 5.87. The number of hydrogen-bond donors (Lipinski definition) is 2. The Balaban J connectivity index is 2.42. The van der Waals surface area contributed by atoms with E-state index in [0.717, 1.165) is 11.1 Å². The molecule has 1 aromatic heterocycles. The van der Waals surface area contributed by atoms with E-state index in [0.29, 0.717) is 15.2 Å². The van der Waals surface area contributed by atoms with Gasteiger partial charge in [0.15, 0.2) is 0 Å². The Labute approximate surface area is 120 Å². The number of pyridine rings is 1. The molecule has 0 fully saturated rings. The molecule has 1 aromatic carbocycles. The van der Waals surface area contributed by atoms with Crippen molar-refractivity contribution in [2.24, 2.45) is 5.84 Å². The topological polar surface area (TPSA) is 50.9 Å². The molecule has 1 atom stereocenters. The molecule has 0 saturated heterocycles. The van der Waals surface area contributed by atoms with E-state index in [9.17, 15) is 0 Å². The Morgan fingerprint density at radius 1 is 1.00 bits per heavy atom. The van der Waals surface area contributed by atoms with E-state index < -0.39 is 0 Å². The van der Waals surface area contributed by atoms with Crippen LogP contribution in [-0.4, -0.2) is 4.98 Å². The van der Waals surface area contributed by atoms with Crippen molar-refractivity contribution in [1.29, 1.82) is 0 Å². The van der Waals surface area contributed by atoms with Gasteiger partial charge in [-0.3, -0.25) is 5.84 Å². The summed E-state index contributed by atoms with van der Waals surface area (Å²) < 4.78 is 0. The van der Waals surface area contributed by atoms with Crippen molar-refractivity contribution in [3.8, 4) is 0 Å². The molecule has 0 bridgehead atoms. The van der Waals surface area contributed by atoms with Crippen LogP contribution in [0.3, 0.4) is 0 Å². The first-order valence-electron chi connectivity index (χ1n) is 5.14. The number of aromatic nitrogens is 1. The summed E-state index contributed by atoms with van der Waals surface area (Å²) in [6.07, 6.45) is 1.62. The van der Waals surface area contributed by atoms with Gasteiger partial charge in [-0.25, -0.2) is 10.4 Å². The quantitative estimate of drug-likeness (QED) is 0.517. The predicted molar refractivity (Wildman–Crippen MR) is 74.9 cm³/mol. The molecule has 94 valence electrons. The Morgan fingerprint density at radius 3 is 2.33 bits per heavy atom. The van der Waals surface area contributed by atoms with Gasteiger partial charge in [-0.1, -0.05) is 40.9 Å². The maximum atomic E-state index is 5.99. The summed E-state index contributed by atoms with van der Waals surface area (Å²) >= 11 is 17.7. The summed E-state index contributed by atoms with van der Waals surface area (Å²) in [4.78, 5) is 3.93. The summed E-state index contributed by atoms with van der Waals surface area (Å²) in [6, 6.07) is 8.70. The lowest BCUT2D eigenvalue weighted by molar-refractivity contribution is 0.636. The van der Waals surface area contributed by atoms with E-state index in [-0.39, 0.29) is 6.04 Å². The Kier molecular flexibility index (Phi) is 4.43. The molecule has 3 N–H and O–H groups in total. The third-order valence-corrected chi connectivity index (χ3v) is 3.47. The molecule has 0 amide bonds. The van der Waals surface area contributed by atoms with Crippen molar-refractivity contribution in [2.45, 2.75) is 6.04 Å². The van der Waals surface area contributed by atoms with Crippen LogP contribution in [0.4, 0.5) is 0 Å². The molecule has 6 heteroatoms. The molecule has 18 heavy (non-hydrogen) atoms. The van der Waals surface area contributed by atoms with Crippen LogP contribution in [0, 0.1) is 0 Å². The number of hydrazine groups is 1. The van der Waals surface area contributed by atoms with Crippen LogP contribution in [0.15, 0.2) is 36.5 Å². The van der Waals surface area contributed by atoms with Gasteiger partial charge in [0, 0.05) is 6.20 Å². The fourth-order valence-corrected chi connectivity index (χ4v) is 2.16. The highest BCUT2D eigenvalue weighted by atomic mass is 35.5. The van der Waals surface area contributed by atoms with Gasteiger partial charge in [0.05, 0.1) is 16.1 Å². The summed E-state index contributed by atoms with van der Waals surface area (Å²) in [5.74, 6) is 5.59. The van der Waals surface area contributed by atoms with Crippen LogP contribution < -0.4 is 11.3 Å². The smallest absolute Gasteiger partial charge is 0.129 e. The third kappa shape index (κ3) is 2.94. The van der Waals surface area contributed by atoms with Crippen LogP contribution in [0.1, 0.15) is 17.2 Å². The molecule has 0 saturated carbocycles. The van der Waals surface area contributed by atoms with Crippen molar-refractivity contribution in [3.63, 3.8) is 0 Å². The number of nitrogens with zero attached hydrogens (tertiary/aromatic N) is 1. The summed E-state index contributed by atoms with van der Waals surface area (Å²) in [5, 5.41) is 1.39. The van der Waals surface area contributed by atoms with E-state index in [1.807, 2.05) is 12.1 Å².